The summed E-state index contributed by atoms with van der Waals surface area (Å²) in [5.74, 6) is -0.0532. The topological polar surface area (TPSA) is 75.7 Å². The number of aryl methyl sites for hydroxylation is 1. The summed E-state index contributed by atoms with van der Waals surface area (Å²) in [6, 6.07) is 4.54. The third-order valence-electron chi connectivity index (χ3n) is 4.66. The Morgan fingerprint density at radius 3 is 2.88 bits per heavy atom. The minimum absolute atomic E-state index is 0.0303. The number of anilines is 1. The molecule has 1 N–H and O–H groups in total. The van der Waals surface area contributed by atoms with Crippen molar-refractivity contribution in [3.05, 3.63) is 29.3 Å². The molecule has 1 aromatic carbocycles. The highest BCUT2D eigenvalue weighted by Crippen LogP contribution is 2.47. The van der Waals surface area contributed by atoms with Crippen molar-refractivity contribution in [2.75, 3.05) is 18.2 Å². The van der Waals surface area contributed by atoms with Crippen LogP contribution in [-0.4, -0.2) is 46.5 Å². The van der Waals surface area contributed by atoms with Crippen LogP contribution < -0.4 is 5.32 Å². The lowest BCUT2D eigenvalue weighted by Gasteiger charge is -2.30. The molecular formula is C17H20N2O4S. The van der Waals surface area contributed by atoms with Gasteiger partial charge < -0.3 is 15.0 Å². The van der Waals surface area contributed by atoms with E-state index in [2.05, 4.69) is 5.32 Å². The predicted octanol–water partition coefficient (Wildman–Crippen LogP) is 2.17. The Hall–Kier alpha value is -2.02. The van der Waals surface area contributed by atoms with Crippen LogP contribution in [0.3, 0.4) is 0 Å². The average molecular weight is 348 g/mol. The number of benzene rings is 1. The van der Waals surface area contributed by atoms with Gasteiger partial charge >= 0.3 is 5.97 Å². The molecule has 0 unspecified atom stereocenters. The lowest BCUT2D eigenvalue weighted by molar-refractivity contribution is -0.135. The molecule has 0 aromatic heterocycles. The van der Waals surface area contributed by atoms with E-state index in [1.54, 1.807) is 34.9 Å². The van der Waals surface area contributed by atoms with E-state index in [1.165, 1.54) is 7.11 Å². The van der Waals surface area contributed by atoms with E-state index in [9.17, 15) is 14.4 Å². The molecule has 128 valence electrons. The van der Waals surface area contributed by atoms with Gasteiger partial charge in [0.15, 0.2) is 0 Å². The molecule has 0 spiro atoms. The molecule has 0 saturated carbocycles. The Bertz CT molecular complexity index is 721. The Morgan fingerprint density at radius 1 is 1.42 bits per heavy atom. The molecule has 2 aliphatic heterocycles. The third kappa shape index (κ3) is 2.77. The zero-order valence-electron chi connectivity index (χ0n) is 13.9. The molecule has 6 nitrogen and oxygen atoms in total. The van der Waals surface area contributed by atoms with Crippen molar-refractivity contribution in [1.82, 2.24) is 4.90 Å². The van der Waals surface area contributed by atoms with Crippen molar-refractivity contribution >= 4 is 35.2 Å². The summed E-state index contributed by atoms with van der Waals surface area (Å²) < 4.78 is 4.71. The molecule has 0 aliphatic carbocycles. The molecule has 2 aliphatic rings. The largest absolute Gasteiger partial charge is 0.465 e. The first-order chi connectivity index (χ1) is 11.4. The van der Waals surface area contributed by atoms with Crippen LogP contribution >= 0.6 is 11.8 Å². The second kappa shape index (κ2) is 6.12. The van der Waals surface area contributed by atoms with Gasteiger partial charge in [-0.3, -0.25) is 9.59 Å². The van der Waals surface area contributed by atoms with Crippen LogP contribution in [0.5, 0.6) is 0 Å². The quantitative estimate of drug-likeness (QED) is 0.848. The highest BCUT2D eigenvalue weighted by molar-refractivity contribution is 8.01. The van der Waals surface area contributed by atoms with E-state index < -0.39 is 12.0 Å². The van der Waals surface area contributed by atoms with Gasteiger partial charge in [-0.1, -0.05) is 6.07 Å². The van der Waals surface area contributed by atoms with E-state index in [4.69, 9.17) is 4.74 Å². The summed E-state index contributed by atoms with van der Waals surface area (Å²) in [7, 11) is 1.32. The van der Waals surface area contributed by atoms with Gasteiger partial charge in [0.05, 0.1) is 17.5 Å². The van der Waals surface area contributed by atoms with Gasteiger partial charge in [0.2, 0.25) is 11.8 Å². The first-order valence-corrected chi connectivity index (χ1v) is 8.80. The lowest BCUT2D eigenvalue weighted by atomic mass is 10.1. The second-order valence-corrected chi connectivity index (χ2v) is 7.78. The Labute approximate surface area is 144 Å². The molecule has 2 heterocycles. The molecule has 7 heteroatoms. The number of nitrogens with zero attached hydrogens (tertiary/aromatic N) is 1. The fraction of sp³-hybridized carbons (Fsp3) is 0.471. The summed E-state index contributed by atoms with van der Waals surface area (Å²) >= 11 is 1.65. The maximum Gasteiger partial charge on any atom is 0.337 e. The molecular weight excluding hydrogens is 328 g/mol. The van der Waals surface area contributed by atoms with Gasteiger partial charge in [-0.2, -0.15) is 0 Å². The SMILES string of the molecule is COC(=O)c1ccc(C)c(NC(=O)[C@@H]2CS[C@@]3(C)CCC(=O)N23)c1. The molecule has 0 radical (unpaired) electrons. The van der Waals surface area contributed by atoms with Gasteiger partial charge in [0.25, 0.3) is 0 Å². The van der Waals surface area contributed by atoms with E-state index >= 15 is 0 Å². The van der Waals surface area contributed by atoms with E-state index in [0.717, 1.165) is 12.0 Å². The van der Waals surface area contributed by atoms with Crippen LogP contribution in [-0.2, 0) is 14.3 Å². The van der Waals surface area contributed by atoms with Crippen LogP contribution in [0.1, 0.15) is 35.7 Å². The van der Waals surface area contributed by atoms with E-state index in [0.29, 0.717) is 23.4 Å². The number of fused-ring (bicyclic) bond motifs is 1. The van der Waals surface area contributed by atoms with Crippen molar-refractivity contribution < 1.29 is 19.1 Å². The number of nitrogens with one attached hydrogen (secondary N) is 1. The molecule has 2 amide bonds. The Kier molecular flexibility index (Phi) is 4.29. The number of methoxy groups -OCH3 is 1. The van der Waals surface area contributed by atoms with Crippen molar-refractivity contribution in [3.63, 3.8) is 0 Å². The molecule has 1 aromatic rings. The zero-order chi connectivity index (χ0) is 17.5. The smallest absolute Gasteiger partial charge is 0.337 e. The van der Waals surface area contributed by atoms with Crippen molar-refractivity contribution in [2.45, 2.75) is 37.6 Å². The van der Waals surface area contributed by atoms with E-state index in [1.807, 2.05) is 13.8 Å². The second-order valence-electron chi connectivity index (χ2n) is 6.28. The number of hydrogen-bond acceptors (Lipinski definition) is 5. The third-order valence-corrected chi connectivity index (χ3v) is 6.17. The number of thioether (sulfide) groups is 1. The van der Waals surface area contributed by atoms with Crippen molar-refractivity contribution in [3.8, 4) is 0 Å². The number of carbonyl (C=O) groups excluding carboxylic acids is 3. The van der Waals surface area contributed by atoms with Gasteiger partial charge in [0, 0.05) is 17.9 Å². The van der Waals surface area contributed by atoms with Crippen molar-refractivity contribution in [1.29, 1.82) is 0 Å². The molecule has 3 rings (SSSR count). The fourth-order valence-electron chi connectivity index (χ4n) is 3.23. The lowest BCUT2D eigenvalue weighted by Crippen LogP contribution is -2.48. The summed E-state index contributed by atoms with van der Waals surface area (Å²) in [6.45, 7) is 3.87. The Morgan fingerprint density at radius 2 is 2.17 bits per heavy atom. The highest BCUT2D eigenvalue weighted by Gasteiger charge is 2.52. The molecule has 0 bridgehead atoms. The highest BCUT2D eigenvalue weighted by atomic mass is 32.2. The molecule has 2 fully saturated rings. The summed E-state index contributed by atoms with van der Waals surface area (Å²) in [4.78, 5) is 38.0. The predicted molar refractivity (Wildman–Crippen MR) is 91.9 cm³/mol. The molecule has 24 heavy (non-hydrogen) atoms. The summed E-state index contributed by atoms with van der Waals surface area (Å²) in [6.07, 6.45) is 1.27. The van der Waals surface area contributed by atoms with Gasteiger partial charge in [-0.25, -0.2) is 4.79 Å². The van der Waals surface area contributed by atoms with Gasteiger partial charge in [0.1, 0.15) is 6.04 Å². The number of ether oxygens (including phenoxy) is 1. The van der Waals surface area contributed by atoms with Gasteiger partial charge in [-0.05, 0) is 38.0 Å². The zero-order valence-corrected chi connectivity index (χ0v) is 14.7. The monoisotopic (exact) mass is 348 g/mol. The number of amides is 2. The minimum atomic E-state index is -0.476. The Balaban J connectivity index is 1.80. The number of hydrogen-bond donors (Lipinski definition) is 1. The average Bonchev–Trinajstić information content (AvgIpc) is 3.05. The minimum Gasteiger partial charge on any atom is -0.465 e. The summed E-state index contributed by atoms with van der Waals surface area (Å²) in [5, 5.41) is 2.87. The summed E-state index contributed by atoms with van der Waals surface area (Å²) in [5.41, 5.74) is 1.78. The first kappa shape index (κ1) is 16.8. The number of rotatable bonds is 3. The van der Waals surface area contributed by atoms with Crippen LogP contribution in [0.4, 0.5) is 5.69 Å². The van der Waals surface area contributed by atoms with Crippen molar-refractivity contribution in [2.24, 2.45) is 0 Å². The van der Waals surface area contributed by atoms with Crippen LogP contribution in [0.15, 0.2) is 18.2 Å². The van der Waals surface area contributed by atoms with Gasteiger partial charge in [-0.15, -0.1) is 11.8 Å². The first-order valence-electron chi connectivity index (χ1n) is 7.82. The number of carbonyl (C=O) groups is 3. The number of esters is 1. The van der Waals surface area contributed by atoms with Crippen LogP contribution in [0.25, 0.3) is 0 Å². The molecule has 2 atom stereocenters. The maximum absolute atomic E-state index is 12.7. The van der Waals surface area contributed by atoms with Crippen LogP contribution in [0, 0.1) is 6.92 Å². The van der Waals surface area contributed by atoms with E-state index in [-0.39, 0.29) is 16.7 Å². The maximum atomic E-state index is 12.7. The standard InChI is InChI=1S/C17H20N2O4S/c1-10-4-5-11(16(22)23-3)8-12(10)18-15(21)13-9-24-17(2)7-6-14(20)19(13)17/h4-5,8,13H,6-7,9H2,1-3H3,(H,18,21)/t13-,17-/m0/s1. The van der Waals surface area contributed by atoms with Crippen LogP contribution in [0.2, 0.25) is 0 Å². The molecule has 2 saturated heterocycles. The fourth-order valence-corrected chi connectivity index (χ4v) is 4.66. The normalized spacial score (nSPS) is 25.5.